The topological polar surface area (TPSA) is 33.2 Å². The van der Waals surface area contributed by atoms with Crippen molar-refractivity contribution in [1.82, 2.24) is 9.88 Å². The van der Waals surface area contributed by atoms with Crippen molar-refractivity contribution in [3.63, 3.8) is 0 Å². The molecule has 1 aromatic heterocycles. The van der Waals surface area contributed by atoms with E-state index in [0.717, 1.165) is 42.4 Å². The molecular formula is C21H19ClN2O. The number of halogens is 1. The van der Waals surface area contributed by atoms with Crippen molar-refractivity contribution < 1.29 is 4.79 Å². The Bertz CT molecular complexity index is 902. The van der Waals surface area contributed by atoms with E-state index in [0.29, 0.717) is 11.1 Å². The number of amides is 1. The SMILES string of the molecule is O=C(c1ccc2nc(Cl)ccc2c1)N1CCC(c2ccccc2)CC1. The van der Waals surface area contributed by atoms with Gasteiger partial charge in [-0.05, 0) is 54.7 Å². The van der Waals surface area contributed by atoms with Crippen LogP contribution in [0, 0.1) is 0 Å². The molecular weight excluding hydrogens is 332 g/mol. The predicted molar refractivity (Wildman–Crippen MR) is 101 cm³/mol. The first-order valence-corrected chi connectivity index (χ1v) is 8.99. The highest BCUT2D eigenvalue weighted by molar-refractivity contribution is 6.29. The molecule has 0 bridgehead atoms. The molecule has 1 aliphatic rings. The summed E-state index contributed by atoms with van der Waals surface area (Å²) in [6.45, 7) is 1.60. The van der Waals surface area contributed by atoms with Crippen molar-refractivity contribution >= 4 is 28.4 Å². The molecule has 0 radical (unpaired) electrons. The zero-order valence-electron chi connectivity index (χ0n) is 13.9. The van der Waals surface area contributed by atoms with Crippen LogP contribution in [0.1, 0.15) is 34.7 Å². The van der Waals surface area contributed by atoms with Crippen LogP contribution in [0.25, 0.3) is 10.9 Å². The molecule has 1 saturated heterocycles. The van der Waals surface area contributed by atoms with E-state index in [1.165, 1.54) is 5.56 Å². The van der Waals surface area contributed by atoms with Crippen LogP contribution in [0.5, 0.6) is 0 Å². The minimum Gasteiger partial charge on any atom is -0.339 e. The van der Waals surface area contributed by atoms with E-state index < -0.39 is 0 Å². The van der Waals surface area contributed by atoms with Crippen LogP contribution in [-0.4, -0.2) is 28.9 Å². The largest absolute Gasteiger partial charge is 0.339 e. The molecule has 0 aliphatic carbocycles. The number of likely N-dealkylation sites (tertiary alicyclic amines) is 1. The summed E-state index contributed by atoms with van der Waals surface area (Å²) < 4.78 is 0. The molecule has 0 N–H and O–H groups in total. The number of piperidine rings is 1. The first kappa shape index (κ1) is 16.1. The highest BCUT2D eigenvalue weighted by Crippen LogP contribution is 2.28. The van der Waals surface area contributed by atoms with Crippen LogP contribution < -0.4 is 0 Å². The maximum Gasteiger partial charge on any atom is 0.253 e. The molecule has 0 unspecified atom stereocenters. The zero-order valence-corrected chi connectivity index (χ0v) is 14.6. The van der Waals surface area contributed by atoms with Crippen LogP contribution in [0.3, 0.4) is 0 Å². The van der Waals surface area contributed by atoms with E-state index in [4.69, 9.17) is 11.6 Å². The molecule has 126 valence electrons. The summed E-state index contributed by atoms with van der Waals surface area (Å²) in [5.41, 5.74) is 2.91. The Morgan fingerprint density at radius 3 is 2.52 bits per heavy atom. The zero-order chi connectivity index (χ0) is 17.2. The van der Waals surface area contributed by atoms with Gasteiger partial charge in [0.2, 0.25) is 0 Å². The fourth-order valence-electron chi connectivity index (χ4n) is 3.56. The standard InChI is InChI=1S/C21H19ClN2O/c22-20-9-7-17-14-18(6-8-19(17)23-20)21(25)24-12-10-16(11-13-24)15-4-2-1-3-5-15/h1-9,14,16H,10-13H2. The lowest BCUT2D eigenvalue weighted by Gasteiger charge is -2.32. The number of benzene rings is 2. The van der Waals surface area contributed by atoms with Crippen LogP contribution in [-0.2, 0) is 0 Å². The smallest absolute Gasteiger partial charge is 0.253 e. The van der Waals surface area contributed by atoms with Crippen LogP contribution in [0.4, 0.5) is 0 Å². The second-order valence-corrected chi connectivity index (χ2v) is 6.91. The Labute approximate surface area is 152 Å². The third-order valence-corrected chi connectivity index (χ3v) is 5.17. The van der Waals surface area contributed by atoms with E-state index in [1.807, 2.05) is 35.2 Å². The van der Waals surface area contributed by atoms with E-state index in [9.17, 15) is 4.79 Å². The van der Waals surface area contributed by atoms with Gasteiger partial charge in [0.1, 0.15) is 5.15 Å². The summed E-state index contributed by atoms with van der Waals surface area (Å²) in [5.74, 6) is 0.650. The van der Waals surface area contributed by atoms with Crippen molar-refractivity contribution in [3.05, 3.63) is 76.9 Å². The quantitative estimate of drug-likeness (QED) is 0.615. The van der Waals surface area contributed by atoms with E-state index in [2.05, 4.69) is 29.2 Å². The van der Waals surface area contributed by atoms with Gasteiger partial charge >= 0.3 is 0 Å². The highest BCUT2D eigenvalue weighted by Gasteiger charge is 2.24. The van der Waals surface area contributed by atoms with Gasteiger partial charge in [-0.1, -0.05) is 41.9 Å². The average Bonchev–Trinajstić information content (AvgIpc) is 2.68. The second kappa shape index (κ2) is 6.85. The molecule has 1 aliphatic heterocycles. The van der Waals surface area contributed by atoms with Gasteiger partial charge in [-0.15, -0.1) is 0 Å². The molecule has 0 saturated carbocycles. The summed E-state index contributed by atoms with van der Waals surface area (Å²) in [4.78, 5) is 19.1. The first-order chi connectivity index (χ1) is 12.2. The molecule has 3 aromatic rings. The van der Waals surface area contributed by atoms with Gasteiger partial charge in [0.05, 0.1) is 5.52 Å². The average molecular weight is 351 g/mol. The lowest BCUT2D eigenvalue weighted by molar-refractivity contribution is 0.0713. The highest BCUT2D eigenvalue weighted by atomic mass is 35.5. The Morgan fingerprint density at radius 2 is 1.76 bits per heavy atom. The number of aromatic nitrogens is 1. The Hall–Kier alpha value is -2.39. The molecule has 3 nitrogen and oxygen atoms in total. The van der Waals surface area contributed by atoms with Gasteiger partial charge < -0.3 is 4.90 Å². The van der Waals surface area contributed by atoms with Crippen molar-refractivity contribution in [1.29, 1.82) is 0 Å². The van der Waals surface area contributed by atoms with Crippen molar-refractivity contribution in [2.24, 2.45) is 0 Å². The fraction of sp³-hybridized carbons (Fsp3) is 0.238. The van der Waals surface area contributed by atoms with Crippen LogP contribution >= 0.6 is 11.6 Å². The molecule has 25 heavy (non-hydrogen) atoms. The van der Waals surface area contributed by atoms with Gasteiger partial charge in [-0.25, -0.2) is 4.98 Å². The van der Waals surface area contributed by atoms with Gasteiger partial charge in [-0.2, -0.15) is 0 Å². The van der Waals surface area contributed by atoms with Crippen LogP contribution in [0.2, 0.25) is 5.15 Å². The van der Waals surface area contributed by atoms with Crippen molar-refractivity contribution in [3.8, 4) is 0 Å². The van der Waals surface area contributed by atoms with Gasteiger partial charge in [0, 0.05) is 24.0 Å². The van der Waals surface area contributed by atoms with Crippen LogP contribution in [0.15, 0.2) is 60.7 Å². The molecule has 1 amide bonds. The third-order valence-electron chi connectivity index (χ3n) is 4.96. The Morgan fingerprint density at radius 1 is 1.00 bits per heavy atom. The summed E-state index contributed by atoms with van der Waals surface area (Å²) >= 11 is 5.92. The summed E-state index contributed by atoms with van der Waals surface area (Å²) in [5, 5.41) is 1.41. The molecule has 1 fully saturated rings. The van der Waals surface area contributed by atoms with E-state index in [-0.39, 0.29) is 5.91 Å². The minimum absolute atomic E-state index is 0.100. The number of carbonyl (C=O) groups is 1. The molecule has 0 spiro atoms. The van der Waals surface area contributed by atoms with Gasteiger partial charge in [-0.3, -0.25) is 4.79 Å². The Balaban J connectivity index is 1.48. The predicted octanol–water partition coefficient (Wildman–Crippen LogP) is 4.91. The molecule has 4 heteroatoms. The van der Waals surface area contributed by atoms with Gasteiger partial charge in [0.15, 0.2) is 0 Å². The summed E-state index contributed by atoms with van der Waals surface area (Å²) in [7, 11) is 0. The van der Waals surface area contributed by atoms with E-state index in [1.54, 1.807) is 6.07 Å². The van der Waals surface area contributed by atoms with Gasteiger partial charge in [0.25, 0.3) is 5.91 Å². The normalized spacial score (nSPS) is 15.5. The first-order valence-electron chi connectivity index (χ1n) is 8.61. The number of fused-ring (bicyclic) bond motifs is 1. The second-order valence-electron chi connectivity index (χ2n) is 6.52. The molecule has 4 rings (SSSR count). The van der Waals surface area contributed by atoms with E-state index >= 15 is 0 Å². The fourth-order valence-corrected chi connectivity index (χ4v) is 3.71. The maximum atomic E-state index is 12.8. The van der Waals surface area contributed by atoms with Crippen molar-refractivity contribution in [2.75, 3.05) is 13.1 Å². The maximum absolute atomic E-state index is 12.8. The minimum atomic E-state index is 0.100. The lowest BCUT2D eigenvalue weighted by Crippen LogP contribution is -2.37. The summed E-state index contributed by atoms with van der Waals surface area (Å²) in [6, 6.07) is 19.9. The molecule has 0 atom stereocenters. The number of nitrogens with zero attached hydrogens (tertiary/aromatic N) is 2. The number of pyridine rings is 1. The molecule has 2 aromatic carbocycles. The lowest BCUT2D eigenvalue weighted by atomic mass is 9.89. The number of carbonyl (C=O) groups excluding carboxylic acids is 1. The van der Waals surface area contributed by atoms with Crippen molar-refractivity contribution in [2.45, 2.75) is 18.8 Å². The monoisotopic (exact) mass is 350 g/mol. The summed E-state index contributed by atoms with van der Waals surface area (Å²) in [6.07, 6.45) is 2.03. The Kier molecular flexibility index (Phi) is 4.41. The third kappa shape index (κ3) is 3.38. The number of rotatable bonds is 2. The number of hydrogen-bond donors (Lipinski definition) is 0. The molecule has 2 heterocycles. The number of hydrogen-bond acceptors (Lipinski definition) is 2.